The summed E-state index contributed by atoms with van der Waals surface area (Å²) in [7, 11) is 0. The SMILES string of the molecule is C=CCCC[C@H](C)OC1CCCCO1. The van der Waals surface area contributed by atoms with Gasteiger partial charge in [0, 0.05) is 6.61 Å². The minimum Gasteiger partial charge on any atom is -0.353 e. The molecule has 1 unspecified atom stereocenters. The monoisotopic (exact) mass is 198 g/mol. The highest BCUT2D eigenvalue weighted by molar-refractivity contribution is 4.67. The molecule has 1 fully saturated rings. The molecule has 0 bridgehead atoms. The molecule has 0 aromatic rings. The lowest BCUT2D eigenvalue weighted by atomic mass is 10.1. The fourth-order valence-electron chi connectivity index (χ4n) is 1.70. The van der Waals surface area contributed by atoms with Gasteiger partial charge >= 0.3 is 0 Å². The van der Waals surface area contributed by atoms with E-state index in [9.17, 15) is 0 Å². The van der Waals surface area contributed by atoms with Crippen molar-refractivity contribution in [2.75, 3.05) is 6.61 Å². The van der Waals surface area contributed by atoms with Gasteiger partial charge in [-0.05, 0) is 45.4 Å². The van der Waals surface area contributed by atoms with Crippen molar-refractivity contribution in [2.45, 2.75) is 57.8 Å². The van der Waals surface area contributed by atoms with Gasteiger partial charge in [0.15, 0.2) is 6.29 Å². The molecular formula is C12H22O2. The summed E-state index contributed by atoms with van der Waals surface area (Å²) in [5.74, 6) is 0. The molecule has 1 saturated heterocycles. The second-order valence-corrected chi connectivity index (χ2v) is 3.96. The number of unbranched alkanes of at least 4 members (excludes halogenated alkanes) is 1. The first-order chi connectivity index (χ1) is 6.83. The van der Waals surface area contributed by atoms with E-state index in [2.05, 4.69) is 13.5 Å². The third-order valence-corrected chi connectivity index (χ3v) is 2.54. The minimum atomic E-state index is 0.0579. The van der Waals surface area contributed by atoms with Crippen LogP contribution in [0.25, 0.3) is 0 Å². The van der Waals surface area contributed by atoms with Crippen LogP contribution in [0.2, 0.25) is 0 Å². The molecule has 1 aliphatic rings. The first-order valence-corrected chi connectivity index (χ1v) is 5.71. The lowest BCUT2D eigenvalue weighted by molar-refractivity contribution is -0.185. The molecule has 0 radical (unpaired) electrons. The quantitative estimate of drug-likeness (QED) is 0.481. The van der Waals surface area contributed by atoms with Gasteiger partial charge in [0.05, 0.1) is 6.10 Å². The summed E-state index contributed by atoms with van der Waals surface area (Å²) < 4.78 is 11.3. The molecule has 0 aromatic carbocycles. The molecule has 1 heterocycles. The molecule has 2 nitrogen and oxygen atoms in total. The number of hydrogen-bond acceptors (Lipinski definition) is 2. The van der Waals surface area contributed by atoms with Gasteiger partial charge < -0.3 is 9.47 Å². The molecule has 0 aliphatic carbocycles. The Morgan fingerprint density at radius 2 is 2.43 bits per heavy atom. The Hall–Kier alpha value is -0.340. The third-order valence-electron chi connectivity index (χ3n) is 2.54. The maximum absolute atomic E-state index is 5.78. The number of rotatable bonds is 6. The van der Waals surface area contributed by atoms with E-state index in [0.29, 0.717) is 6.10 Å². The maximum atomic E-state index is 5.78. The van der Waals surface area contributed by atoms with Crippen LogP contribution in [0.3, 0.4) is 0 Å². The summed E-state index contributed by atoms with van der Waals surface area (Å²) in [4.78, 5) is 0. The second kappa shape index (κ2) is 7.02. The highest BCUT2D eigenvalue weighted by atomic mass is 16.7. The van der Waals surface area contributed by atoms with Crippen molar-refractivity contribution in [1.82, 2.24) is 0 Å². The second-order valence-electron chi connectivity index (χ2n) is 3.96. The summed E-state index contributed by atoms with van der Waals surface area (Å²) >= 11 is 0. The average Bonchev–Trinajstić information content (AvgIpc) is 2.20. The minimum absolute atomic E-state index is 0.0579. The van der Waals surface area contributed by atoms with Crippen LogP contribution in [-0.2, 0) is 9.47 Å². The predicted molar refractivity (Wildman–Crippen MR) is 58.2 cm³/mol. The van der Waals surface area contributed by atoms with Crippen LogP contribution in [0.5, 0.6) is 0 Å². The Labute approximate surface area is 87.3 Å². The molecule has 0 amide bonds. The van der Waals surface area contributed by atoms with Crippen LogP contribution >= 0.6 is 0 Å². The standard InChI is InChI=1S/C12H22O2/c1-3-4-5-8-11(2)14-12-9-6-7-10-13-12/h3,11-12H,1,4-10H2,2H3/t11-,12?/m0/s1. The molecule has 2 atom stereocenters. The van der Waals surface area contributed by atoms with E-state index in [4.69, 9.17) is 9.47 Å². The highest BCUT2D eigenvalue weighted by Crippen LogP contribution is 2.17. The largest absolute Gasteiger partial charge is 0.353 e. The van der Waals surface area contributed by atoms with Gasteiger partial charge in [-0.15, -0.1) is 6.58 Å². The van der Waals surface area contributed by atoms with Crippen molar-refractivity contribution in [3.8, 4) is 0 Å². The summed E-state index contributed by atoms with van der Waals surface area (Å²) in [6.07, 6.45) is 9.17. The Balaban J connectivity index is 2.05. The van der Waals surface area contributed by atoms with Crippen molar-refractivity contribution >= 4 is 0 Å². The first-order valence-electron chi connectivity index (χ1n) is 5.71. The van der Waals surface area contributed by atoms with Crippen LogP contribution in [0.4, 0.5) is 0 Å². The molecule has 0 spiro atoms. The van der Waals surface area contributed by atoms with Gasteiger partial charge in [-0.25, -0.2) is 0 Å². The fraction of sp³-hybridized carbons (Fsp3) is 0.833. The van der Waals surface area contributed by atoms with Crippen molar-refractivity contribution in [2.24, 2.45) is 0 Å². The number of hydrogen-bond donors (Lipinski definition) is 0. The van der Waals surface area contributed by atoms with Crippen LogP contribution < -0.4 is 0 Å². The van der Waals surface area contributed by atoms with E-state index in [1.807, 2.05) is 6.08 Å². The lowest BCUT2D eigenvalue weighted by Gasteiger charge is -2.25. The van der Waals surface area contributed by atoms with E-state index in [-0.39, 0.29) is 6.29 Å². The zero-order chi connectivity index (χ0) is 10.2. The maximum Gasteiger partial charge on any atom is 0.157 e. The molecule has 1 rings (SSSR count). The van der Waals surface area contributed by atoms with Gasteiger partial charge in [-0.3, -0.25) is 0 Å². The highest BCUT2D eigenvalue weighted by Gasteiger charge is 2.16. The smallest absolute Gasteiger partial charge is 0.157 e. The van der Waals surface area contributed by atoms with Crippen molar-refractivity contribution < 1.29 is 9.47 Å². The van der Waals surface area contributed by atoms with Gasteiger partial charge in [-0.2, -0.15) is 0 Å². The van der Waals surface area contributed by atoms with Gasteiger partial charge in [0.25, 0.3) is 0 Å². The summed E-state index contributed by atoms with van der Waals surface area (Å²) in [6, 6.07) is 0. The molecule has 82 valence electrons. The van der Waals surface area contributed by atoms with E-state index >= 15 is 0 Å². The fourth-order valence-corrected chi connectivity index (χ4v) is 1.70. The summed E-state index contributed by atoms with van der Waals surface area (Å²) in [5, 5.41) is 0. The molecular weight excluding hydrogens is 176 g/mol. The van der Waals surface area contributed by atoms with Crippen LogP contribution in [0.1, 0.15) is 45.4 Å². The molecule has 0 N–H and O–H groups in total. The normalized spacial score (nSPS) is 24.5. The van der Waals surface area contributed by atoms with Gasteiger partial charge in [-0.1, -0.05) is 6.08 Å². The zero-order valence-corrected chi connectivity index (χ0v) is 9.21. The molecule has 1 aliphatic heterocycles. The van der Waals surface area contributed by atoms with Crippen molar-refractivity contribution in [1.29, 1.82) is 0 Å². The number of ether oxygens (including phenoxy) is 2. The van der Waals surface area contributed by atoms with Crippen molar-refractivity contribution in [3.05, 3.63) is 12.7 Å². The van der Waals surface area contributed by atoms with Crippen molar-refractivity contribution in [3.63, 3.8) is 0 Å². The Bertz CT molecular complexity index is 150. The zero-order valence-electron chi connectivity index (χ0n) is 9.21. The van der Waals surface area contributed by atoms with Crippen LogP contribution in [0.15, 0.2) is 12.7 Å². The van der Waals surface area contributed by atoms with E-state index < -0.39 is 0 Å². The first kappa shape index (κ1) is 11.7. The third kappa shape index (κ3) is 4.77. The Morgan fingerprint density at radius 1 is 1.57 bits per heavy atom. The lowest BCUT2D eigenvalue weighted by Crippen LogP contribution is -2.26. The van der Waals surface area contributed by atoms with Gasteiger partial charge in [0.1, 0.15) is 0 Å². The van der Waals surface area contributed by atoms with E-state index in [0.717, 1.165) is 32.3 Å². The molecule has 14 heavy (non-hydrogen) atoms. The Morgan fingerprint density at radius 3 is 3.07 bits per heavy atom. The van der Waals surface area contributed by atoms with E-state index in [1.54, 1.807) is 0 Å². The Kier molecular flexibility index (Phi) is 5.88. The average molecular weight is 198 g/mol. The molecule has 2 heteroatoms. The van der Waals surface area contributed by atoms with E-state index in [1.165, 1.54) is 12.8 Å². The number of allylic oxidation sites excluding steroid dienone is 1. The van der Waals surface area contributed by atoms with Gasteiger partial charge in [0.2, 0.25) is 0 Å². The molecule has 0 aromatic heterocycles. The topological polar surface area (TPSA) is 18.5 Å². The van der Waals surface area contributed by atoms with Crippen LogP contribution in [0, 0.1) is 0 Å². The molecule has 0 saturated carbocycles. The predicted octanol–water partition coefficient (Wildman–Crippen LogP) is 3.27. The summed E-state index contributed by atoms with van der Waals surface area (Å²) in [6.45, 7) is 6.70. The van der Waals surface area contributed by atoms with Crippen LogP contribution in [-0.4, -0.2) is 19.0 Å². The summed E-state index contributed by atoms with van der Waals surface area (Å²) in [5.41, 5.74) is 0.